The second-order valence-electron chi connectivity index (χ2n) is 4.79. The van der Waals surface area contributed by atoms with Gasteiger partial charge in [-0.2, -0.15) is 13.2 Å². The summed E-state index contributed by atoms with van der Waals surface area (Å²) in [5.41, 5.74) is 0. The van der Waals surface area contributed by atoms with Crippen molar-refractivity contribution in [3.63, 3.8) is 0 Å². The predicted octanol–water partition coefficient (Wildman–Crippen LogP) is 1.68. The van der Waals surface area contributed by atoms with Crippen molar-refractivity contribution in [3.8, 4) is 0 Å². The van der Waals surface area contributed by atoms with Crippen molar-refractivity contribution in [1.82, 2.24) is 10.2 Å². The smallest absolute Gasteiger partial charge is 0.354 e. The zero-order valence-corrected chi connectivity index (χ0v) is 9.59. The first kappa shape index (κ1) is 12.7. The van der Waals surface area contributed by atoms with Crippen LogP contribution in [-0.2, 0) is 4.79 Å². The van der Waals surface area contributed by atoms with Gasteiger partial charge in [0, 0.05) is 25.6 Å². The summed E-state index contributed by atoms with van der Waals surface area (Å²) < 4.78 is 38.9. The van der Waals surface area contributed by atoms with E-state index < -0.39 is 12.2 Å². The van der Waals surface area contributed by atoms with Crippen LogP contribution in [0.5, 0.6) is 0 Å². The number of nitrogens with one attached hydrogen (secondary N) is 1. The van der Waals surface area contributed by atoms with E-state index in [0.29, 0.717) is 0 Å². The second-order valence-corrected chi connectivity index (χ2v) is 4.79. The fraction of sp³-hybridized carbons (Fsp3) is 0.909. The third-order valence-corrected chi connectivity index (χ3v) is 3.66. The molecule has 6 heteroatoms. The Bertz CT molecular complexity index is 287. The molecule has 3 nitrogen and oxygen atoms in total. The van der Waals surface area contributed by atoms with E-state index in [9.17, 15) is 18.0 Å². The molecule has 17 heavy (non-hydrogen) atoms. The molecule has 1 N–H and O–H groups in total. The Morgan fingerprint density at radius 1 is 1.24 bits per heavy atom. The second kappa shape index (κ2) is 4.84. The summed E-state index contributed by atoms with van der Waals surface area (Å²) >= 11 is 0. The first-order valence-corrected chi connectivity index (χ1v) is 6.07. The maximum atomic E-state index is 13.0. The van der Waals surface area contributed by atoms with Crippen LogP contribution in [0.3, 0.4) is 0 Å². The van der Waals surface area contributed by atoms with Gasteiger partial charge in [0.05, 0.1) is 0 Å². The number of alkyl halides is 3. The number of amides is 1. The van der Waals surface area contributed by atoms with Crippen molar-refractivity contribution in [1.29, 1.82) is 0 Å². The highest BCUT2D eigenvalue weighted by Gasteiger charge is 2.47. The zero-order chi connectivity index (χ0) is 12.5. The van der Waals surface area contributed by atoms with Crippen LogP contribution in [0.2, 0.25) is 0 Å². The van der Waals surface area contributed by atoms with E-state index in [0.717, 1.165) is 25.7 Å². The van der Waals surface area contributed by atoms with Crippen LogP contribution in [0.15, 0.2) is 0 Å². The minimum absolute atomic E-state index is 0.00525. The van der Waals surface area contributed by atoms with Gasteiger partial charge in [-0.05, 0) is 12.8 Å². The van der Waals surface area contributed by atoms with E-state index in [-0.39, 0.29) is 31.5 Å². The van der Waals surface area contributed by atoms with E-state index >= 15 is 0 Å². The van der Waals surface area contributed by atoms with Crippen LogP contribution in [0.25, 0.3) is 0 Å². The first-order chi connectivity index (χ1) is 7.98. The highest BCUT2D eigenvalue weighted by molar-refractivity contribution is 5.76. The molecule has 0 radical (unpaired) electrons. The fourth-order valence-corrected chi connectivity index (χ4v) is 2.78. The van der Waals surface area contributed by atoms with Gasteiger partial charge in [0.2, 0.25) is 5.91 Å². The molecule has 1 amide bonds. The highest BCUT2D eigenvalue weighted by Crippen LogP contribution is 2.32. The van der Waals surface area contributed by atoms with Gasteiger partial charge in [-0.25, -0.2) is 0 Å². The minimum Gasteiger partial charge on any atom is -0.354 e. The Morgan fingerprint density at radius 2 is 1.88 bits per heavy atom. The third-order valence-electron chi connectivity index (χ3n) is 3.66. The average Bonchev–Trinajstić information content (AvgIpc) is 2.67. The lowest BCUT2D eigenvalue weighted by atomic mass is 10.1. The van der Waals surface area contributed by atoms with Gasteiger partial charge in [0.1, 0.15) is 6.04 Å². The van der Waals surface area contributed by atoms with Gasteiger partial charge in [-0.15, -0.1) is 0 Å². The summed E-state index contributed by atoms with van der Waals surface area (Å²) in [5, 5.41) is 2.35. The van der Waals surface area contributed by atoms with E-state index in [1.54, 1.807) is 0 Å². The van der Waals surface area contributed by atoms with E-state index in [1.165, 1.54) is 4.90 Å². The molecular weight excluding hydrogens is 233 g/mol. The zero-order valence-electron chi connectivity index (χ0n) is 9.59. The number of nitrogens with zero attached hydrogens (tertiary/aromatic N) is 1. The Kier molecular flexibility index (Phi) is 3.61. The number of carbonyl (C=O) groups is 1. The monoisotopic (exact) mass is 250 g/mol. The van der Waals surface area contributed by atoms with Gasteiger partial charge in [0.25, 0.3) is 0 Å². The molecule has 1 aliphatic heterocycles. The molecule has 0 aromatic carbocycles. The minimum atomic E-state index is -4.26. The Morgan fingerprint density at radius 3 is 2.47 bits per heavy atom. The lowest BCUT2D eigenvalue weighted by Crippen LogP contribution is -2.53. The molecule has 1 heterocycles. The van der Waals surface area contributed by atoms with Crippen LogP contribution in [0.1, 0.15) is 32.1 Å². The van der Waals surface area contributed by atoms with Gasteiger partial charge in [-0.1, -0.05) is 12.8 Å². The van der Waals surface area contributed by atoms with Gasteiger partial charge >= 0.3 is 6.18 Å². The van der Waals surface area contributed by atoms with Crippen LogP contribution < -0.4 is 5.32 Å². The molecular formula is C11H17F3N2O. The van der Waals surface area contributed by atoms with Crippen molar-refractivity contribution >= 4 is 5.91 Å². The number of rotatable bonds is 1. The summed E-state index contributed by atoms with van der Waals surface area (Å²) in [6.07, 6.45) is -0.467. The molecule has 0 bridgehead atoms. The van der Waals surface area contributed by atoms with Gasteiger partial charge in [-0.3, -0.25) is 9.69 Å². The van der Waals surface area contributed by atoms with Gasteiger partial charge in [0.15, 0.2) is 0 Å². The van der Waals surface area contributed by atoms with Crippen LogP contribution in [0.4, 0.5) is 13.2 Å². The molecule has 0 aromatic heterocycles. The topological polar surface area (TPSA) is 32.3 Å². The van der Waals surface area contributed by atoms with E-state index in [4.69, 9.17) is 0 Å². The van der Waals surface area contributed by atoms with Crippen molar-refractivity contribution in [2.75, 3.05) is 13.1 Å². The molecule has 0 aromatic rings. The SMILES string of the molecule is O=C1CCN(C2CCCC2)C(C(F)(F)F)CN1. The van der Waals surface area contributed by atoms with Crippen molar-refractivity contribution in [3.05, 3.63) is 0 Å². The number of carbonyl (C=O) groups excluding carboxylic acids is 1. The van der Waals surface area contributed by atoms with Crippen molar-refractivity contribution in [2.24, 2.45) is 0 Å². The molecule has 1 saturated heterocycles. The maximum Gasteiger partial charge on any atom is 0.405 e. The Labute approximate surface area is 98.3 Å². The standard InChI is InChI=1S/C11H17F3N2O/c12-11(13,14)9-7-15-10(17)5-6-16(9)8-3-1-2-4-8/h8-9H,1-7H2,(H,15,17). The molecule has 2 fully saturated rings. The molecule has 1 aliphatic carbocycles. The molecule has 1 saturated carbocycles. The maximum absolute atomic E-state index is 13.0. The predicted molar refractivity (Wildman–Crippen MR) is 56.4 cm³/mol. The Hall–Kier alpha value is -0.780. The summed E-state index contributed by atoms with van der Waals surface area (Å²) in [7, 11) is 0. The number of halogens is 3. The summed E-state index contributed by atoms with van der Waals surface area (Å²) in [4.78, 5) is 12.7. The summed E-state index contributed by atoms with van der Waals surface area (Å²) in [5.74, 6) is -0.278. The lowest BCUT2D eigenvalue weighted by molar-refractivity contribution is -0.186. The molecule has 98 valence electrons. The third kappa shape index (κ3) is 2.91. The van der Waals surface area contributed by atoms with Crippen LogP contribution in [-0.4, -0.2) is 42.2 Å². The first-order valence-electron chi connectivity index (χ1n) is 6.07. The molecule has 1 unspecified atom stereocenters. The number of hydrogen-bond acceptors (Lipinski definition) is 2. The lowest BCUT2D eigenvalue weighted by Gasteiger charge is -2.35. The van der Waals surface area contributed by atoms with Crippen molar-refractivity contribution in [2.45, 2.75) is 50.4 Å². The summed E-state index contributed by atoms with van der Waals surface area (Å²) in [6.45, 7) is -0.0838. The highest BCUT2D eigenvalue weighted by atomic mass is 19.4. The fourth-order valence-electron chi connectivity index (χ4n) is 2.78. The molecule has 2 rings (SSSR count). The van der Waals surface area contributed by atoms with Crippen molar-refractivity contribution < 1.29 is 18.0 Å². The van der Waals surface area contributed by atoms with E-state index in [2.05, 4.69) is 5.32 Å². The van der Waals surface area contributed by atoms with Crippen LogP contribution >= 0.6 is 0 Å². The molecule has 1 atom stereocenters. The Balaban J connectivity index is 2.14. The molecule has 0 spiro atoms. The average molecular weight is 250 g/mol. The van der Waals surface area contributed by atoms with E-state index in [1.807, 2.05) is 0 Å². The van der Waals surface area contributed by atoms with Crippen LogP contribution in [0, 0.1) is 0 Å². The normalized spacial score (nSPS) is 29.1. The van der Waals surface area contributed by atoms with Gasteiger partial charge < -0.3 is 5.32 Å². The quantitative estimate of drug-likeness (QED) is 0.768. The molecule has 2 aliphatic rings. The largest absolute Gasteiger partial charge is 0.405 e. The number of hydrogen-bond donors (Lipinski definition) is 1. The summed E-state index contributed by atoms with van der Waals surface area (Å²) in [6, 6.07) is -1.52.